The molecule has 11 heteroatoms. The summed E-state index contributed by atoms with van der Waals surface area (Å²) in [5.74, 6) is 0.242. The first-order chi connectivity index (χ1) is 14.2. The Hall–Kier alpha value is -2.53. The van der Waals surface area contributed by atoms with Gasteiger partial charge < -0.3 is 4.74 Å². The number of anilines is 1. The van der Waals surface area contributed by atoms with Crippen LogP contribution >= 0.6 is 22.9 Å². The van der Waals surface area contributed by atoms with E-state index in [9.17, 15) is 13.2 Å². The molecule has 0 aliphatic heterocycles. The Bertz CT molecular complexity index is 1130. The van der Waals surface area contributed by atoms with Crippen molar-refractivity contribution in [2.75, 3.05) is 11.9 Å². The minimum Gasteiger partial charge on any atom is -0.492 e. The molecular formula is C19H19ClN4O4S2. The molecule has 0 aliphatic carbocycles. The average Bonchev–Trinajstić information content (AvgIpc) is 3.17. The topological polar surface area (TPSA) is 110 Å². The van der Waals surface area contributed by atoms with Gasteiger partial charge in [-0.15, -0.1) is 10.2 Å². The average molecular weight is 467 g/mol. The smallest absolute Gasteiger partial charge is 0.270 e. The zero-order valence-corrected chi connectivity index (χ0v) is 18.5. The van der Waals surface area contributed by atoms with Crippen LogP contribution < -0.4 is 14.8 Å². The highest BCUT2D eigenvalue weighted by molar-refractivity contribution is 7.91. The van der Waals surface area contributed by atoms with Crippen LogP contribution in [0, 0.1) is 6.92 Å². The van der Waals surface area contributed by atoms with Crippen LogP contribution in [-0.4, -0.2) is 37.2 Å². The fraction of sp³-hybridized carbons (Fsp3) is 0.211. The SMILES string of the molecule is Cc1ccccc1OC[C@H](C)NS(=O)(=O)c1nnc(NC(=O)c2ccc(Cl)cc2)s1. The number of benzene rings is 2. The molecule has 1 aromatic heterocycles. The number of halogens is 1. The zero-order valence-electron chi connectivity index (χ0n) is 16.1. The lowest BCUT2D eigenvalue weighted by Crippen LogP contribution is -2.36. The van der Waals surface area contributed by atoms with Crippen molar-refractivity contribution in [3.05, 3.63) is 64.7 Å². The van der Waals surface area contributed by atoms with E-state index >= 15 is 0 Å². The summed E-state index contributed by atoms with van der Waals surface area (Å²) < 4.78 is 33.0. The Labute approximate surface area is 183 Å². The molecule has 1 heterocycles. The van der Waals surface area contributed by atoms with Crippen molar-refractivity contribution in [3.8, 4) is 5.75 Å². The van der Waals surface area contributed by atoms with Crippen molar-refractivity contribution in [2.24, 2.45) is 0 Å². The van der Waals surface area contributed by atoms with Crippen LogP contribution in [0.1, 0.15) is 22.8 Å². The lowest BCUT2D eigenvalue weighted by molar-refractivity contribution is 0.102. The number of amides is 1. The molecule has 0 fully saturated rings. The molecule has 0 unspecified atom stereocenters. The number of sulfonamides is 1. The maximum atomic E-state index is 12.5. The molecule has 2 aromatic carbocycles. The van der Waals surface area contributed by atoms with E-state index in [0.717, 1.165) is 16.9 Å². The van der Waals surface area contributed by atoms with Crippen LogP contribution in [0.3, 0.4) is 0 Å². The second-order valence-corrected chi connectivity index (χ2v) is 9.73. The van der Waals surface area contributed by atoms with Gasteiger partial charge in [0.2, 0.25) is 9.47 Å². The third kappa shape index (κ3) is 5.76. The molecule has 3 aromatic rings. The van der Waals surface area contributed by atoms with Crippen LogP contribution in [0.2, 0.25) is 5.02 Å². The van der Waals surface area contributed by atoms with Crippen molar-refractivity contribution < 1.29 is 17.9 Å². The predicted molar refractivity (Wildman–Crippen MR) is 116 cm³/mol. The summed E-state index contributed by atoms with van der Waals surface area (Å²) >= 11 is 6.56. The highest BCUT2D eigenvalue weighted by Crippen LogP contribution is 2.21. The van der Waals surface area contributed by atoms with Gasteiger partial charge in [-0.1, -0.05) is 41.1 Å². The van der Waals surface area contributed by atoms with Gasteiger partial charge in [-0.25, -0.2) is 13.1 Å². The summed E-state index contributed by atoms with van der Waals surface area (Å²) in [7, 11) is -3.91. The zero-order chi connectivity index (χ0) is 21.7. The predicted octanol–water partition coefficient (Wildman–Crippen LogP) is 3.50. The quantitative estimate of drug-likeness (QED) is 0.491. The molecule has 0 bridgehead atoms. The van der Waals surface area contributed by atoms with E-state index in [0.29, 0.717) is 16.3 Å². The van der Waals surface area contributed by atoms with Crippen molar-refractivity contribution in [1.82, 2.24) is 14.9 Å². The van der Waals surface area contributed by atoms with E-state index in [4.69, 9.17) is 16.3 Å². The molecule has 8 nitrogen and oxygen atoms in total. The first kappa shape index (κ1) is 22.2. The Morgan fingerprint density at radius 2 is 1.87 bits per heavy atom. The summed E-state index contributed by atoms with van der Waals surface area (Å²) in [4.78, 5) is 12.2. The summed E-state index contributed by atoms with van der Waals surface area (Å²) in [6.07, 6.45) is 0. The summed E-state index contributed by atoms with van der Waals surface area (Å²) in [5.41, 5.74) is 1.32. The minimum absolute atomic E-state index is 0.0686. The molecule has 0 aliphatic rings. The summed E-state index contributed by atoms with van der Waals surface area (Å²) in [5, 5.41) is 10.5. The van der Waals surface area contributed by atoms with Crippen molar-refractivity contribution >= 4 is 44.0 Å². The van der Waals surface area contributed by atoms with Crippen LogP contribution in [0.4, 0.5) is 5.13 Å². The number of nitrogens with zero attached hydrogens (tertiary/aromatic N) is 2. The molecule has 2 N–H and O–H groups in total. The molecule has 30 heavy (non-hydrogen) atoms. The normalized spacial score (nSPS) is 12.4. The maximum absolute atomic E-state index is 12.5. The third-order valence-corrected chi connectivity index (χ3v) is 6.95. The maximum Gasteiger partial charge on any atom is 0.270 e. The Kier molecular flexibility index (Phi) is 7.03. The standard InChI is InChI=1S/C19H19ClN4O4S2/c1-12-5-3-4-6-16(12)28-11-13(2)24-30(26,27)19-23-22-18(29-19)21-17(25)14-7-9-15(20)10-8-14/h3-10,13,24H,11H2,1-2H3,(H,21,22,25)/t13-/m0/s1. The number of carbonyl (C=O) groups excluding carboxylic acids is 1. The molecule has 158 valence electrons. The number of ether oxygens (including phenoxy) is 1. The molecule has 0 saturated carbocycles. The number of rotatable bonds is 8. The Balaban J connectivity index is 1.59. The highest BCUT2D eigenvalue weighted by atomic mass is 35.5. The Morgan fingerprint density at radius 1 is 1.17 bits per heavy atom. The van der Waals surface area contributed by atoms with Crippen molar-refractivity contribution in [2.45, 2.75) is 24.2 Å². The molecule has 0 spiro atoms. The fourth-order valence-corrected chi connectivity index (χ4v) is 4.69. The second kappa shape index (κ2) is 9.52. The highest BCUT2D eigenvalue weighted by Gasteiger charge is 2.23. The van der Waals surface area contributed by atoms with E-state index in [1.54, 1.807) is 31.2 Å². The van der Waals surface area contributed by atoms with Crippen LogP contribution in [0.5, 0.6) is 5.75 Å². The van der Waals surface area contributed by atoms with Crippen molar-refractivity contribution in [3.63, 3.8) is 0 Å². The van der Waals surface area contributed by atoms with E-state index in [-0.39, 0.29) is 16.1 Å². The lowest BCUT2D eigenvalue weighted by atomic mass is 10.2. The van der Waals surface area contributed by atoms with Crippen LogP contribution in [-0.2, 0) is 10.0 Å². The summed E-state index contributed by atoms with van der Waals surface area (Å²) in [6.45, 7) is 3.73. The van der Waals surface area contributed by atoms with Gasteiger partial charge in [0.1, 0.15) is 12.4 Å². The van der Waals surface area contributed by atoms with Gasteiger partial charge >= 0.3 is 0 Å². The van der Waals surface area contributed by atoms with Gasteiger partial charge in [-0.2, -0.15) is 0 Å². The number of nitrogens with one attached hydrogen (secondary N) is 2. The van der Waals surface area contributed by atoms with Crippen molar-refractivity contribution in [1.29, 1.82) is 0 Å². The monoisotopic (exact) mass is 466 g/mol. The number of aromatic nitrogens is 2. The van der Waals surface area contributed by atoms with E-state index in [1.807, 2.05) is 31.2 Å². The molecule has 1 amide bonds. The third-order valence-electron chi connectivity index (χ3n) is 3.90. The first-order valence-electron chi connectivity index (χ1n) is 8.86. The second-order valence-electron chi connectivity index (χ2n) is 6.43. The largest absolute Gasteiger partial charge is 0.492 e. The van der Waals surface area contributed by atoms with E-state index in [1.165, 1.54) is 0 Å². The minimum atomic E-state index is -3.91. The van der Waals surface area contributed by atoms with Gasteiger partial charge in [-0.05, 0) is 49.7 Å². The van der Waals surface area contributed by atoms with Crippen LogP contribution in [0.25, 0.3) is 0 Å². The molecule has 1 atom stereocenters. The number of aryl methyl sites for hydroxylation is 1. The number of para-hydroxylation sites is 1. The first-order valence-corrected chi connectivity index (χ1v) is 11.5. The molecule has 0 saturated heterocycles. The lowest BCUT2D eigenvalue weighted by Gasteiger charge is -2.15. The van der Waals surface area contributed by atoms with Crippen LogP contribution in [0.15, 0.2) is 52.9 Å². The van der Waals surface area contributed by atoms with Gasteiger partial charge in [0.05, 0.1) is 6.04 Å². The fourth-order valence-electron chi connectivity index (χ4n) is 2.42. The molecule has 0 radical (unpaired) electrons. The number of hydrogen-bond donors (Lipinski definition) is 2. The van der Waals surface area contributed by atoms with Gasteiger partial charge in [0.15, 0.2) is 0 Å². The van der Waals surface area contributed by atoms with Gasteiger partial charge in [0, 0.05) is 10.6 Å². The summed E-state index contributed by atoms with van der Waals surface area (Å²) in [6, 6.07) is 13.2. The number of hydrogen-bond acceptors (Lipinski definition) is 7. The van der Waals surface area contributed by atoms with Gasteiger partial charge in [-0.3, -0.25) is 10.1 Å². The Morgan fingerprint density at radius 3 is 2.57 bits per heavy atom. The van der Waals surface area contributed by atoms with E-state index in [2.05, 4.69) is 20.2 Å². The van der Waals surface area contributed by atoms with Gasteiger partial charge in [0.25, 0.3) is 15.9 Å². The molecular weight excluding hydrogens is 448 g/mol. The molecule has 3 rings (SSSR count). The number of carbonyl (C=O) groups is 1. The van der Waals surface area contributed by atoms with E-state index < -0.39 is 22.0 Å².